The average molecular weight is 436 g/mol. The molecule has 1 unspecified atom stereocenters. The summed E-state index contributed by atoms with van der Waals surface area (Å²) in [6.45, 7) is 10.9. The minimum Gasteiger partial charge on any atom is -0.324 e. The summed E-state index contributed by atoms with van der Waals surface area (Å²) in [6.07, 6.45) is 0. The summed E-state index contributed by atoms with van der Waals surface area (Å²) >= 11 is 5.32. The number of piperazine rings is 1. The molecule has 0 bridgehead atoms. The highest BCUT2D eigenvalue weighted by Gasteiger charge is 2.26. The van der Waals surface area contributed by atoms with Crippen LogP contribution in [0.2, 0.25) is 0 Å². The average Bonchev–Trinajstić information content (AvgIpc) is 3.03. The third-order valence-corrected chi connectivity index (χ3v) is 6.60. The SMILES string of the molecule is Cc1ccc(C)c(NC(=O)C(C)N2CCN(Cc3ccc(Br)s3)CC2)c1. The van der Waals surface area contributed by atoms with E-state index < -0.39 is 0 Å². The Balaban J connectivity index is 1.51. The highest BCUT2D eigenvalue weighted by Crippen LogP contribution is 2.24. The molecule has 0 spiro atoms. The molecule has 1 amide bonds. The van der Waals surface area contributed by atoms with Gasteiger partial charge in [0.15, 0.2) is 0 Å². The second-order valence-electron chi connectivity index (χ2n) is 7.00. The first kappa shape index (κ1) is 19.5. The van der Waals surface area contributed by atoms with Crippen LogP contribution >= 0.6 is 27.3 Å². The van der Waals surface area contributed by atoms with Crippen LogP contribution in [0.15, 0.2) is 34.1 Å². The molecule has 140 valence electrons. The lowest BCUT2D eigenvalue weighted by molar-refractivity contribution is -0.121. The van der Waals surface area contributed by atoms with Gasteiger partial charge in [0.2, 0.25) is 5.91 Å². The smallest absolute Gasteiger partial charge is 0.241 e. The molecule has 2 aromatic rings. The molecule has 1 aromatic heterocycles. The van der Waals surface area contributed by atoms with Crippen molar-refractivity contribution in [3.63, 3.8) is 0 Å². The van der Waals surface area contributed by atoms with Gasteiger partial charge < -0.3 is 5.32 Å². The molecule has 26 heavy (non-hydrogen) atoms. The van der Waals surface area contributed by atoms with Crippen LogP contribution in [0.5, 0.6) is 0 Å². The van der Waals surface area contributed by atoms with Crippen LogP contribution < -0.4 is 5.32 Å². The van der Waals surface area contributed by atoms with Crippen LogP contribution in [-0.4, -0.2) is 47.9 Å². The van der Waals surface area contributed by atoms with Crippen LogP contribution in [0.3, 0.4) is 0 Å². The molecular weight excluding hydrogens is 410 g/mol. The van der Waals surface area contributed by atoms with Crippen LogP contribution in [0.4, 0.5) is 5.69 Å². The van der Waals surface area contributed by atoms with Gasteiger partial charge in [0.05, 0.1) is 9.83 Å². The minimum atomic E-state index is -0.118. The number of halogens is 1. The van der Waals surface area contributed by atoms with E-state index in [0.29, 0.717) is 0 Å². The van der Waals surface area contributed by atoms with Gasteiger partial charge in [0.1, 0.15) is 0 Å². The van der Waals surface area contributed by atoms with Crippen molar-refractivity contribution >= 4 is 38.9 Å². The standard InChI is InChI=1S/C20H26BrN3OS/c1-14-4-5-15(2)18(12-14)22-20(25)16(3)24-10-8-23(9-11-24)13-17-6-7-19(21)26-17/h4-7,12,16H,8-11,13H2,1-3H3,(H,22,25). The minimum absolute atomic E-state index is 0.0781. The van der Waals surface area contributed by atoms with E-state index in [-0.39, 0.29) is 11.9 Å². The zero-order chi connectivity index (χ0) is 18.7. The number of anilines is 1. The Labute approximate surface area is 168 Å². The zero-order valence-corrected chi connectivity index (χ0v) is 18.0. The third kappa shape index (κ3) is 4.94. The topological polar surface area (TPSA) is 35.6 Å². The number of hydrogen-bond donors (Lipinski definition) is 1. The summed E-state index contributed by atoms with van der Waals surface area (Å²) < 4.78 is 1.18. The lowest BCUT2D eigenvalue weighted by atomic mass is 10.1. The number of hydrogen-bond acceptors (Lipinski definition) is 4. The van der Waals surface area contributed by atoms with Gasteiger partial charge in [-0.15, -0.1) is 11.3 Å². The Kier molecular flexibility index (Phi) is 6.51. The van der Waals surface area contributed by atoms with Crippen molar-refractivity contribution in [2.75, 3.05) is 31.5 Å². The first-order chi connectivity index (χ1) is 12.4. The maximum Gasteiger partial charge on any atom is 0.241 e. The fourth-order valence-electron chi connectivity index (χ4n) is 3.24. The summed E-state index contributed by atoms with van der Waals surface area (Å²) in [5.41, 5.74) is 3.18. The summed E-state index contributed by atoms with van der Waals surface area (Å²) in [7, 11) is 0. The molecule has 0 radical (unpaired) electrons. The Bertz CT molecular complexity index is 768. The number of thiophene rings is 1. The number of nitrogens with one attached hydrogen (secondary N) is 1. The molecule has 1 aliphatic heterocycles. The van der Waals surface area contributed by atoms with Gasteiger partial charge in [0.25, 0.3) is 0 Å². The third-order valence-electron chi connectivity index (χ3n) is 4.99. The maximum absolute atomic E-state index is 12.7. The van der Waals surface area contributed by atoms with Crippen molar-refractivity contribution in [3.05, 3.63) is 50.1 Å². The lowest BCUT2D eigenvalue weighted by Gasteiger charge is -2.37. The summed E-state index contributed by atoms with van der Waals surface area (Å²) in [5.74, 6) is 0.0781. The van der Waals surface area contributed by atoms with Crippen molar-refractivity contribution in [1.29, 1.82) is 0 Å². The van der Waals surface area contributed by atoms with Gasteiger partial charge in [-0.3, -0.25) is 14.6 Å². The number of benzene rings is 1. The van der Waals surface area contributed by atoms with Gasteiger partial charge in [-0.1, -0.05) is 12.1 Å². The number of carbonyl (C=O) groups is 1. The fourth-order valence-corrected chi connectivity index (χ4v) is 4.77. The van der Waals surface area contributed by atoms with E-state index in [1.54, 1.807) is 11.3 Å². The molecule has 1 atom stereocenters. The highest BCUT2D eigenvalue weighted by atomic mass is 79.9. The second-order valence-corrected chi connectivity index (χ2v) is 9.55. The van der Waals surface area contributed by atoms with E-state index in [4.69, 9.17) is 0 Å². The number of aryl methyl sites for hydroxylation is 2. The van der Waals surface area contributed by atoms with Crippen LogP contribution in [0.25, 0.3) is 0 Å². The first-order valence-corrected chi connectivity index (χ1v) is 10.6. The van der Waals surface area contributed by atoms with Gasteiger partial charge in [-0.2, -0.15) is 0 Å². The number of amides is 1. The molecule has 2 heterocycles. The molecule has 1 fully saturated rings. The largest absolute Gasteiger partial charge is 0.324 e. The number of carbonyl (C=O) groups excluding carboxylic acids is 1. The molecule has 3 rings (SSSR count). The summed E-state index contributed by atoms with van der Waals surface area (Å²) in [6, 6.07) is 10.3. The monoisotopic (exact) mass is 435 g/mol. The van der Waals surface area contributed by atoms with Crippen molar-refractivity contribution in [1.82, 2.24) is 9.80 Å². The number of rotatable bonds is 5. The summed E-state index contributed by atoms with van der Waals surface area (Å²) in [4.78, 5) is 18.8. The molecule has 1 aromatic carbocycles. The van der Waals surface area contributed by atoms with E-state index in [0.717, 1.165) is 49.5 Å². The van der Waals surface area contributed by atoms with E-state index >= 15 is 0 Å². The van der Waals surface area contributed by atoms with E-state index in [1.807, 2.05) is 26.8 Å². The zero-order valence-electron chi connectivity index (χ0n) is 15.6. The Hall–Kier alpha value is -1.21. The van der Waals surface area contributed by atoms with Crippen molar-refractivity contribution < 1.29 is 4.79 Å². The van der Waals surface area contributed by atoms with Crippen LogP contribution in [0.1, 0.15) is 22.9 Å². The maximum atomic E-state index is 12.7. The first-order valence-electron chi connectivity index (χ1n) is 9.01. The highest BCUT2D eigenvalue weighted by molar-refractivity contribution is 9.11. The summed E-state index contributed by atoms with van der Waals surface area (Å²) in [5, 5.41) is 3.10. The van der Waals surface area contributed by atoms with Crippen molar-refractivity contribution in [2.45, 2.75) is 33.4 Å². The molecule has 6 heteroatoms. The second kappa shape index (κ2) is 8.65. The van der Waals surface area contributed by atoms with E-state index in [9.17, 15) is 4.79 Å². The van der Waals surface area contributed by atoms with E-state index in [1.165, 1.54) is 8.66 Å². The number of nitrogens with zero attached hydrogens (tertiary/aromatic N) is 2. The van der Waals surface area contributed by atoms with Crippen molar-refractivity contribution in [3.8, 4) is 0 Å². The quantitative estimate of drug-likeness (QED) is 0.761. The molecule has 1 N–H and O–H groups in total. The normalized spacial score (nSPS) is 17.2. The predicted octanol–water partition coefficient (Wildman–Crippen LogP) is 4.27. The molecule has 1 saturated heterocycles. The van der Waals surface area contributed by atoms with Crippen LogP contribution in [-0.2, 0) is 11.3 Å². The molecule has 1 aliphatic rings. The van der Waals surface area contributed by atoms with Gasteiger partial charge in [-0.25, -0.2) is 0 Å². The van der Waals surface area contributed by atoms with Gasteiger partial charge >= 0.3 is 0 Å². The molecular formula is C20H26BrN3OS. The Morgan fingerprint density at radius 2 is 1.92 bits per heavy atom. The molecule has 0 aliphatic carbocycles. The fraction of sp³-hybridized carbons (Fsp3) is 0.450. The molecule has 4 nitrogen and oxygen atoms in total. The molecule has 0 saturated carbocycles. The Morgan fingerprint density at radius 3 is 2.58 bits per heavy atom. The Morgan fingerprint density at radius 1 is 1.19 bits per heavy atom. The van der Waals surface area contributed by atoms with Gasteiger partial charge in [-0.05, 0) is 66.0 Å². The van der Waals surface area contributed by atoms with Crippen LogP contribution in [0, 0.1) is 13.8 Å². The van der Waals surface area contributed by atoms with Crippen molar-refractivity contribution in [2.24, 2.45) is 0 Å². The van der Waals surface area contributed by atoms with Gasteiger partial charge in [0, 0.05) is 43.3 Å². The predicted molar refractivity (Wildman–Crippen MR) is 113 cm³/mol. The van der Waals surface area contributed by atoms with E-state index in [2.05, 4.69) is 55.3 Å². The lowest BCUT2D eigenvalue weighted by Crippen LogP contribution is -2.52.